The summed E-state index contributed by atoms with van der Waals surface area (Å²) in [5.74, 6) is 0.557. The second-order valence-electron chi connectivity index (χ2n) is 5.56. The fourth-order valence-electron chi connectivity index (χ4n) is 3.29. The minimum Gasteiger partial charge on any atom is -0.369 e. The molecule has 1 aliphatic carbocycles. The van der Waals surface area contributed by atoms with Gasteiger partial charge in [0.2, 0.25) is 5.95 Å². The molecule has 1 aromatic heterocycles. The number of rotatable bonds is 1. The molecule has 0 atom stereocenters. The molecule has 3 aromatic rings. The number of fused-ring (bicyclic) bond motifs is 2. The smallest absolute Gasteiger partial charge is 0.205 e. The topological polar surface area (TPSA) is 43.8 Å². The Morgan fingerprint density at radius 1 is 1.10 bits per heavy atom. The average molecular weight is 342 g/mol. The van der Waals surface area contributed by atoms with Gasteiger partial charge in [-0.1, -0.05) is 28.1 Å². The highest BCUT2D eigenvalue weighted by atomic mass is 79.9. The number of benzene rings is 2. The molecular weight excluding hydrogens is 326 g/mol. The summed E-state index contributed by atoms with van der Waals surface area (Å²) in [7, 11) is 0. The first-order valence-electron chi connectivity index (χ1n) is 7.28. The molecule has 0 aliphatic heterocycles. The maximum Gasteiger partial charge on any atom is 0.205 e. The number of nitrogen functional groups attached to an aromatic ring is 1. The largest absolute Gasteiger partial charge is 0.369 e. The Hall–Kier alpha value is -1.81. The van der Waals surface area contributed by atoms with Crippen LogP contribution in [0.4, 0.5) is 5.95 Å². The minimum atomic E-state index is 0.557. The first kappa shape index (κ1) is 12.9. The highest BCUT2D eigenvalue weighted by molar-refractivity contribution is 9.10. The SMILES string of the molecule is Nc1nc2ccc(Br)cc2n1-c1cccc2c1CCCC2. The Kier molecular flexibility index (Phi) is 3.00. The molecule has 2 N–H and O–H groups in total. The Morgan fingerprint density at radius 3 is 2.86 bits per heavy atom. The van der Waals surface area contributed by atoms with Crippen LogP contribution >= 0.6 is 15.9 Å². The summed E-state index contributed by atoms with van der Waals surface area (Å²) in [6, 6.07) is 12.6. The lowest BCUT2D eigenvalue weighted by atomic mass is 9.90. The molecule has 0 radical (unpaired) electrons. The molecule has 2 aromatic carbocycles. The van der Waals surface area contributed by atoms with Gasteiger partial charge in [-0.3, -0.25) is 4.57 Å². The zero-order chi connectivity index (χ0) is 14.4. The number of hydrogen-bond donors (Lipinski definition) is 1. The number of hydrogen-bond acceptors (Lipinski definition) is 2. The van der Waals surface area contributed by atoms with Gasteiger partial charge in [0.25, 0.3) is 0 Å². The maximum atomic E-state index is 6.21. The van der Waals surface area contributed by atoms with E-state index in [4.69, 9.17) is 5.73 Å². The molecule has 21 heavy (non-hydrogen) atoms. The molecule has 0 saturated heterocycles. The standard InChI is InChI=1S/C17H16BrN3/c18-12-8-9-14-16(10-12)21(17(19)20-14)15-7-3-5-11-4-1-2-6-13(11)15/h3,5,7-10H,1-2,4,6H2,(H2,19,20). The van der Waals surface area contributed by atoms with Crippen molar-refractivity contribution >= 4 is 32.9 Å². The van der Waals surface area contributed by atoms with Crippen LogP contribution in [0.2, 0.25) is 0 Å². The Morgan fingerprint density at radius 2 is 1.95 bits per heavy atom. The van der Waals surface area contributed by atoms with Crippen molar-refractivity contribution in [2.45, 2.75) is 25.7 Å². The second-order valence-corrected chi connectivity index (χ2v) is 6.48. The molecule has 0 unspecified atom stereocenters. The van der Waals surface area contributed by atoms with Crippen LogP contribution < -0.4 is 5.73 Å². The van der Waals surface area contributed by atoms with Gasteiger partial charge < -0.3 is 5.73 Å². The van der Waals surface area contributed by atoms with Crippen molar-refractivity contribution < 1.29 is 0 Å². The van der Waals surface area contributed by atoms with Crippen LogP contribution in [0.5, 0.6) is 0 Å². The van der Waals surface area contributed by atoms with Crippen LogP contribution in [-0.2, 0) is 12.8 Å². The highest BCUT2D eigenvalue weighted by Crippen LogP contribution is 2.32. The first-order chi connectivity index (χ1) is 10.2. The maximum absolute atomic E-state index is 6.21. The van der Waals surface area contributed by atoms with E-state index in [1.165, 1.54) is 36.1 Å². The molecule has 0 fully saturated rings. The van der Waals surface area contributed by atoms with E-state index in [0.717, 1.165) is 21.9 Å². The third-order valence-electron chi connectivity index (χ3n) is 4.25. The van der Waals surface area contributed by atoms with E-state index in [2.05, 4.69) is 49.7 Å². The molecule has 1 aliphatic rings. The number of aryl methyl sites for hydroxylation is 1. The van der Waals surface area contributed by atoms with Gasteiger partial charge in [-0.25, -0.2) is 4.98 Å². The quantitative estimate of drug-likeness (QED) is 0.719. The van der Waals surface area contributed by atoms with Crippen LogP contribution in [0.3, 0.4) is 0 Å². The van der Waals surface area contributed by atoms with Gasteiger partial charge in [0.15, 0.2) is 0 Å². The van der Waals surface area contributed by atoms with Gasteiger partial charge in [-0.2, -0.15) is 0 Å². The minimum absolute atomic E-state index is 0.557. The molecule has 4 heteroatoms. The second kappa shape index (κ2) is 4.88. The Labute approximate surface area is 131 Å². The summed E-state index contributed by atoms with van der Waals surface area (Å²) in [4.78, 5) is 4.50. The normalized spacial score (nSPS) is 14.3. The van der Waals surface area contributed by atoms with Gasteiger partial charge in [-0.15, -0.1) is 0 Å². The lowest BCUT2D eigenvalue weighted by Crippen LogP contribution is -2.09. The number of imidazole rings is 1. The number of nitrogens with zero attached hydrogens (tertiary/aromatic N) is 2. The van der Waals surface area contributed by atoms with E-state index in [-0.39, 0.29) is 0 Å². The fourth-order valence-corrected chi connectivity index (χ4v) is 3.64. The lowest BCUT2D eigenvalue weighted by molar-refractivity contribution is 0.682. The molecule has 3 nitrogen and oxygen atoms in total. The van der Waals surface area contributed by atoms with Crippen LogP contribution in [0.15, 0.2) is 40.9 Å². The van der Waals surface area contributed by atoms with Gasteiger partial charge >= 0.3 is 0 Å². The van der Waals surface area contributed by atoms with Gasteiger partial charge in [0.1, 0.15) is 0 Å². The number of anilines is 1. The van der Waals surface area contributed by atoms with Crippen molar-refractivity contribution in [1.29, 1.82) is 0 Å². The lowest BCUT2D eigenvalue weighted by Gasteiger charge is -2.20. The monoisotopic (exact) mass is 341 g/mol. The molecular formula is C17H16BrN3. The van der Waals surface area contributed by atoms with Crippen molar-refractivity contribution in [2.75, 3.05) is 5.73 Å². The van der Waals surface area contributed by atoms with Crippen LogP contribution in [0, 0.1) is 0 Å². The number of nitrogens with two attached hydrogens (primary N) is 1. The van der Waals surface area contributed by atoms with Crippen molar-refractivity contribution in [1.82, 2.24) is 9.55 Å². The zero-order valence-electron chi connectivity index (χ0n) is 11.6. The summed E-state index contributed by atoms with van der Waals surface area (Å²) in [6.07, 6.45) is 4.82. The summed E-state index contributed by atoms with van der Waals surface area (Å²) < 4.78 is 3.13. The van der Waals surface area contributed by atoms with E-state index >= 15 is 0 Å². The predicted molar refractivity (Wildman–Crippen MR) is 89.8 cm³/mol. The number of aromatic nitrogens is 2. The van der Waals surface area contributed by atoms with Crippen molar-refractivity contribution in [3.05, 3.63) is 52.0 Å². The van der Waals surface area contributed by atoms with Crippen LogP contribution in [0.1, 0.15) is 24.0 Å². The summed E-state index contributed by atoms with van der Waals surface area (Å²) in [5, 5.41) is 0. The summed E-state index contributed by atoms with van der Waals surface area (Å²) >= 11 is 3.54. The summed E-state index contributed by atoms with van der Waals surface area (Å²) in [6.45, 7) is 0. The third kappa shape index (κ3) is 2.05. The van der Waals surface area contributed by atoms with E-state index in [0.29, 0.717) is 5.95 Å². The number of halogens is 1. The zero-order valence-corrected chi connectivity index (χ0v) is 13.2. The molecule has 1 heterocycles. The third-order valence-corrected chi connectivity index (χ3v) is 4.75. The van der Waals surface area contributed by atoms with E-state index in [9.17, 15) is 0 Å². The average Bonchev–Trinajstić information content (AvgIpc) is 2.82. The van der Waals surface area contributed by atoms with Gasteiger partial charge in [0.05, 0.1) is 16.7 Å². The van der Waals surface area contributed by atoms with Gasteiger partial charge in [-0.05, 0) is 61.1 Å². The Bertz CT molecular complexity index is 835. The van der Waals surface area contributed by atoms with E-state index < -0.39 is 0 Å². The molecule has 0 saturated carbocycles. The highest BCUT2D eigenvalue weighted by Gasteiger charge is 2.17. The molecule has 106 valence electrons. The predicted octanol–water partition coefficient (Wildman–Crippen LogP) is 4.25. The summed E-state index contributed by atoms with van der Waals surface area (Å²) in [5.41, 5.74) is 12.3. The van der Waals surface area contributed by atoms with Gasteiger partial charge in [0, 0.05) is 4.47 Å². The van der Waals surface area contributed by atoms with E-state index in [1.807, 2.05) is 12.1 Å². The van der Waals surface area contributed by atoms with Crippen LogP contribution in [0.25, 0.3) is 16.7 Å². The van der Waals surface area contributed by atoms with Crippen molar-refractivity contribution in [2.24, 2.45) is 0 Å². The van der Waals surface area contributed by atoms with Crippen molar-refractivity contribution in [3.8, 4) is 5.69 Å². The molecule has 0 spiro atoms. The molecule has 4 rings (SSSR count). The fraction of sp³-hybridized carbons (Fsp3) is 0.235. The molecule has 0 amide bonds. The Balaban J connectivity index is 2.03. The van der Waals surface area contributed by atoms with Crippen molar-refractivity contribution in [3.63, 3.8) is 0 Å². The molecule has 0 bridgehead atoms. The van der Waals surface area contributed by atoms with Crippen LogP contribution in [-0.4, -0.2) is 9.55 Å². The van der Waals surface area contributed by atoms with E-state index in [1.54, 1.807) is 0 Å². The first-order valence-corrected chi connectivity index (χ1v) is 8.08.